The lowest BCUT2D eigenvalue weighted by Gasteiger charge is -2.16. The number of hydrogen-bond acceptors (Lipinski definition) is 3. The third kappa shape index (κ3) is 3.56. The highest BCUT2D eigenvalue weighted by molar-refractivity contribution is 7.09. The van der Waals surface area contributed by atoms with Crippen molar-refractivity contribution in [1.29, 1.82) is 0 Å². The molecule has 0 spiro atoms. The molecule has 96 valence electrons. The summed E-state index contributed by atoms with van der Waals surface area (Å²) >= 11 is 8.00. The van der Waals surface area contributed by atoms with Crippen molar-refractivity contribution in [3.63, 3.8) is 0 Å². The summed E-state index contributed by atoms with van der Waals surface area (Å²) in [7, 11) is 0. The number of rotatable bonds is 5. The summed E-state index contributed by atoms with van der Waals surface area (Å²) in [5, 5.41) is 2.91. The van der Waals surface area contributed by atoms with Crippen molar-refractivity contribution >= 4 is 22.9 Å². The van der Waals surface area contributed by atoms with Crippen molar-refractivity contribution < 1.29 is 0 Å². The van der Waals surface area contributed by atoms with Crippen molar-refractivity contribution in [3.8, 4) is 0 Å². The maximum Gasteiger partial charge on any atom is 0.0441 e. The molecule has 0 aliphatic carbocycles. The fraction of sp³-hybridized carbons (Fsp3) is 0.286. The molecule has 0 fully saturated rings. The van der Waals surface area contributed by atoms with Crippen LogP contribution in [0.2, 0.25) is 5.02 Å². The van der Waals surface area contributed by atoms with Crippen molar-refractivity contribution in [2.45, 2.75) is 25.8 Å². The number of aryl methyl sites for hydroxylation is 1. The third-order valence-electron chi connectivity index (χ3n) is 2.94. The van der Waals surface area contributed by atoms with Crippen LogP contribution in [-0.2, 0) is 12.8 Å². The Kier molecular flexibility index (Phi) is 4.78. The molecule has 18 heavy (non-hydrogen) atoms. The second-order valence-corrected chi connectivity index (χ2v) is 5.89. The topological polar surface area (TPSA) is 38.0 Å². The molecule has 0 bridgehead atoms. The molecule has 0 aliphatic rings. The molecule has 2 nitrogen and oxygen atoms in total. The van der Waals surface area contributed by atoms with Gasteiger partial charge in [-0.25, -0.2) is 0 Å². The lowest BCUT2D eigenvalue weighted by molar-refractivity contribution is 0.526. The first-order chi connectivity index (χ1) is 8.69. The van der Waals surface area contributed by atoms with Crippen molar-refractivity contribution in [2.24, 2.45) is 5.84 Å². The van der Waals surface area contributed by atoms with Crippen LogP contribution in [0, 0.1) is 6.92 Å². The van der Waals surface area contributed by atoms with Crippen molar-refractivity contribution in [1.82, 2.24) is 5.43 Å². The van der Waals surface area contributed by atoms with Gasteiger partial charge in [0.2, 0.25) is 0 Å². The van der Waals surface area contributed by atoms with Gasteiger partial charge in [-0.3, -0.25) is 11.3 Å². The van der Waals surface area contributed by atoms with E-state index in [1.54, 1.807) is 11.3 Å². The molecule has 3 N–H and O–H groups in total. The average molecular weight is 281 g/mol. The fourth-order valence-electron chi connectivity index (χ4n) is 1.94. The number of hydrazine groups is 1. The van der Waals surface area contributed by atoms with Gasteiger partial charge in [-0.2, -0.15) is 0 Å². The van der Waals surface area contributed by atoms with Gasteiger partial charge in [0, 0.05) is 15.9 Å². The summed E-state index contributed by atoms with van der Waals surface area (Å²) < 4.78 is 0. The number of nitrogens with two attached hydrogens (primary N) is 1. The largest absolute Gasteiger partial charge is 0.271 e. The monoisotopic (exact) mass is 280 g/mol. The van der Waals surface area contributed by atoms with Crippen LogP contribution in [0.3, 0.4) is 0 Å². The van der Waals surface area contributed by atoms with Gasteiger partial charge in [-0.05, 0) is 48.4 Å². The number of benzene rings is 1. The van der Waals surface area contributed by atoms with E-state index in [1.165, 1.54) is 10.4 Å². The molecule has 4 heteroatoms. The van der Waals surface area contributed by atoms with Crippen LogP contribution in [0.25, 0.3) is 0 Å². The first kappa shape index (κ1) is 13.6. The molecule has 1 aromatic heterocycles. The van der Waals surface area contributed by atoms with Gasteiger partial charge >= 0.3 is 0 Å². The summed E-state index contributed by atoms with van der Waals surface area (Å²) in [6.45, 7) is 2.04. The summed E-state index contributed by atoms with van der Waals surface area (Å²) in [6, 6.07) is 10.6. The standard InChI is InChI=1S/C14H17ClN2S/c1-10-4-5-11(14(15)7-10)8-12(17-16)9-13-3-2-6-18-13/h2-7,12,17H,8-9,16H2,1H3. The molecule has 1 heterocycles. The predicted octanol–water partition coefficient (Wildman–Crippen LogP) is 3.33. The van der Waals surface area contributed by atoms with Crippen LogP contribution in [-0.4, -0.2) is 6.04 Å². The zero-order valence-corrected chi connectivity index (χ0v) is 11.9. The summed E-state index contributed by atoms with van der Waals surface area (Å²) in [5.41, 5.74) is 5.20. The molecule has 2 aromatic rings. The number of thiophene rings is 1. The predicted molar refractivity (Wildman–Crippen MR) is 79.0 cm³/mol. The van der Waals surface area contributed by atoms with Crippen LogP contribution < -0.4 is 11.3 Å². The van der Waals surface area contributed by atoms with Crippen molar-refractivity contribution in [2.75, 3.05) is 0 Å². The molecule has 0 aliphatic heterocycles. The minimum atomic E-state index is 0.212. The van der Waals surface area contributed by atoms with Gasteiger partial charge in [0.1, 0.15) is 0 Å². The van der Waals surface area contributed by atoms with E-state index in [-0.39, 0.29) is 6.04 Å². The molecule has 1 aromatic carbocycles. The zero-order chi connectivity index (χ0) is 13.0. The highest BCUT2D eigenvalue weighted by Gasteiger charge is 2.11. The zero-order valence-electron chi connectivity index (χ0n) is 10.3. The summed E-state index contributed by atoms with van der Waals surface area (Å²) in [6.07, 6.45) is 1.77. The van der Waals surface area contributed by atoms with Gasteiger partial charge in [0.25, 0.3) is 0 Å². The lowest BCUT2D eigenvalue weighted by atomic mass is 10.0. The normalized spacial score (nSPS) is 12.6. The highest BCUT2D eigenvalue weighted by atomic mass is 35.5. The van der Waals surface area contributed by atoms with Gasteiger partial charge in [-0.1, -0.05) is 29.8 Å². The minimum Gasteiger partial charge on any atom is -0.271 e. The van der Waals surface area contributed by atoms with E-state index in [0.717, 1.165) is 23.4 Å². The van der Waals surface area contributed by atoms with Gasteiger partial charge < -0.3 is 0 Å². The van der Waals surface area contributed by atoms with E-state index >= 15 is 0 Å². The lowest BCUT2D eigenvalue weighted by Crippen LogP contribution is -2.38. The average Bonchev–Trinajstić information content (AvgIpc) is 2.84. The number of hydrogen-bond donors (Lipinski definition) is 2. The first-order valence-electron chi connectivity index (χ1n) is 5.92. The van der Waals surface area contributed by atoms with E-state index < -0.39 is 0 Å². The smallest absolute Gasteiger partial charge is 0.0441 e. The molecule has 0 amide bonds. The van der Waals surface area contributed by atoms with E-state index in [2.05, 4.69) is 35.1 Å². The SMILES string of the molecule is Cc1ccc(CC(Cc2cccs2)NN)c(Cl)c1. The molecule has 0 saturated carbocycles. The Balaban J connectivity index is 2.05. The van der Waals surface area contributed by atoms with E-state index in [4.69, 9.17) is 17.4 Å². The van der Waals surface area contributed by atoms with Gasteiger partial charge in [0.15, 0.2) is 0 Å². The summed E-state index contributed by atoms with van der Waals surface area (Å²) in [4.78, 5) is 1.33. The van der Waals surface area contributed by atoms with Crippen LogP contribution >= 0.6 is 22.9 Å². The van der Waals surface area contributed by atoms with E-state index in [0.29, 0.717) is 0 Å². The molecule has 1 unspecified atom stereocenters. The van der Waals surface area contributed by atoms with Crippen LogP contribution in [0.4, 0.5) is 0 Å². The Morgan fingerprint density at radius 3 is 2.78 bits per heavy atom. The van der Waals surface area contributed by atoms with Crippen LogP contribution in [0.15, 0.2) is 35.7 Å². The third-order valence-corrected chi connectivity index (χ3v) is 4.19. The highest BCUT2D eigenvalue weighted by Crippen LogP contribution is 2.20. The van der Waals surface area contributed by atoms with E-state index in [9.17, 15) is 0 Å². The summed E-state index contributed by atoms with van der Waals surface area (Å²) in [5.74, 6) is 5.63. The van der Waals surface area contributed by atoms with Crippen molar-refractivity contribution in [3.05, 3.63) is 56.7 Å². The fourth-order valence-corrected chi connectivity index (χ4v) is 3.04. The molecular formula is C14H17ClN2S. The second-order valence-electron chi connectivity index (χ2n) is 4.45. The molecule has 0 radical (unpaired) electrons. The molecule has 0 saturated heterocycles. The minimum absolute atomic E-state index is 0.212. The Bertz CT molecular complexity index is 497. The van der Waals surface area contributed by atoms with E-state index in [1.807, 2.05) is 13.0 Å². The number of halogens is 1. The van der Waals surface area contributed by atoms with Gasteiger partial charge in [-0.15, -0.1) is 11.3 Å². The second kappa shape index (κ2) is 6.34. The molecule has 1 atom stereocenters. The van der Waals surface area contributed by atoms with Crippen LogP contribution in [0.5, 0.6) is 0 Å². The van der Waals surface area contributed by atoms with Crippen LogP contribution in [0.1, 0.15) is 16.0 Å². The molecular weight excluding hydrogens is 264 g/mol. The first-order valence-corrected chi connectivity index (χ1v) is 7.18. The number of nitrogens with one attached hydrogen (secondary N) is 1. The Morgan fingerprint density at radius 2 is 2.17 bits per heavy atom. The Morgan fingerprint density at radius 1 is 1.33 bits per heavy atom. The molecule has 2 rings (SSSR count). The maximum atomic E-state index is 6.25. The Labute approximate surface area is 117 Å². The maximum absolute atomic E-state index is 6.25. The Hall–Kier alpha value is -0.870. The van der Waals surface area contributed by atoms with Gasteiger partial charge in [0.05, 0.1) is 0 Å². The quantitative estimate of drug-likeness (QED) is 0.651.